The van der Waals surface area contributed by atoms with Gasteiger partial charge in [0.2, 0.25) is 0 Å². The fourth-order valence-corrected chi connectivity index (χ4v) is 1.58. The Bertz CT molecular complexity index is 348. The quantitative estimate of drug-likeness (QED) is 0.782. The lowest BCUT2D eigenvalue weighted by atomic mass is 10.1. The van der Waals surface area contributed by atoms with Gasteiger partial charge in [0.15, 0.2) is 0 Å². The molecule has 3 heteroatoms. The zero-order chi connectivity index (χ0) is 14.3. The van der Waals surface area contributed by atoms with E-state index >= 15 is 0 Å². The average Bonchev–Trinajstić information content (AvgIpc) is 2.42. The largest absolute Gasteiger partial charge is 0.494 e. The number of nitrogens with two attached hydrogens (primary N) is 1. The van der Waals surface area contributed by atoms with E-state index in [4.69, 9.17) is 15.2 Å². The Morgan fingerprint density at radius 1 is 1.11 bits per heavy atom. The maximum absolute atomic E-state index is 6.13. The topological polar surface area (TPSA) is 44.5 Å². The van der Waals surface area contributed by atoms with Crippen molar-refractivity contribution in [3.63, 3.8) is 0 Å². The Kier molecular flexibility index (Phi) is 6.89. The summed E-state index contributed by atoms with van der Waals surface area (Å²) in [5.74, 6) is 1.41. The second-order valence-corrected chi connectivity index (χ2v) is 5.31. The molecular formula is C16H27NO2. The minimum absolute atomic E-state index is 0.0820. The minimum Gasteiger partial charge on any atom is -0.494 e. The highest BCUT2D eigenvalue weighted by Crippen LogP contribution is 2.18. The molecule has 108 valence electrons. The van der Waals surface area contributed by atoms with Crippen molar-refractivity contribution >= 4 is 0 Å². The van der Waals surface area contributed by atoms with E-state index in [1.165, 1.54) is 0 Å². The van der Waals surface area contributed by atoms with E-state index in [-0.39, 0.29) is 12.1 Å². The van der Waals surface area contributed by atoms with Crippen LogP contribution in [0, 0.1) is 5.92 Å². The van der Waals surface area contributed by atoms with Crippen molar-refractivity contribution in [2.75, 3.05) is 13.2 Å². The first-order chi connectivity index (χ1) is 9.04. The fourth-order valence-electron chi connectivity index (χ4n) is 1.58. The van der Waals surface area contributed by atoms with E-state index < -0.39 is 0 Å². The molecule has 0 aliphatic carbocycles. The summed E-state index contributed by atoms with van der Waals surface area (Å²) >= 11 is 0. The number of benzene rings is 1. The van der Waals surface area contributed by atoms with Crippen LogP contribution >= 0.6 is 0 Å². The van der Waals surface area contributed by atoms with E-state index in [1.54, 1.807) is 0 Å². The molecule has 0 saturated carbocycles. The van der Waals surface area contributed by atoms with Crippen molar-refractivity contribution in [1.82, 2.24) is 0 Å². The molecule has 1 rings (SSSR count). The van der Waals surface area contributed by atoms with Gasteiger partial charge >= 0.3 is 0 Å². The molecule has 1 aromatic carbocycles. The van der Waals surface area contributed by atoms with Crippen LogP contribution in [-0.4, -0.2) is 19.3 Å². The first kappa shape index (κ1) is 16.0. The zero-order valence-electron chi connectivity index (χ0n) is 12.6. The van der Waals surface area contributed by atoms with Crippen molar-refractivity contribution in [3.8, 4) is 5.75 Å². The second-order valence-electron chi connectivity index (χ2n) is 5.31. The van der Waals surface area contributed by atoms with Gasteiger partial charge in [-0.15, -0.1) is 0 Å². The minimum atomic E-state index is -0.0820. The highest BCUT2D eigenvalue weighted by atomic mass is 16.5. The molecular weight excluding hydrogens is 238 g/mol. The van der Waals surface area contributed by atoms with Crippen LogP contribution in [0.3, 0.4) is 0 Å². The maximum Gasteiger partial charge on any atom is 0.119 e. The van der Waals surface area contributed by atoms with Gasteiger partial charge in [-0.2, -0.15) is 0 Å². The molecule has 2 N–H and O–H groups in total. The lowest BCUT2D eigenvalue weighted by molar-refractivity contribution is 0.0272. The third kappa shape index (κ3) is 5.62. The van der Waals surface area contributed by atoms with E-state index in [0.29, 0.717) is 12.5 Å². The molecule has 19 heavy (non-hydrogen) atoms. The molecule has 0 bridgehead atoms. The standard InChI is InChI=1S/C16H27NO2/c1-5-10-18-15-8-6-14(7-9-15)16(17)11-19-13(4)12(2)3/h6-9,12-13,16H,5,10-11,17H2,1-4H3. The molecule has 0 heterocycles. The highest BCUT2D eigenvalue weighted by Gasteiger charge is 2.11. The monoisotopic (exact) mass is 265 g/mol. The van der Waals surface area contributed by atoms with Gasteiger partial charge in [-0.3, -0.25) is 0 Å². The summed E-state index contributed by atoms with van der Waals surface area (Å²) in [5, 5.41) is 0. The van der Waals surface area contributed by atoms with Crippen LogP contribution < -0.4 is 10.5 Å². The summed E-state index contributed by atoms with van der Waals surface area (Å²) in [6.45, 7) is 9.78. The molecule has 3 nitrogen and oxygen atoms in total. The third-order valence-electron chi connectivity index (χ3n) is 3.26. The van der Waals surface area contributed by atoms with Crippen LogP contribution in [0.25, 0.3) is 0 Å². The molecule has 0 spiro atoms. The van der Waals surface area contributed by atoms with Crippen molar-refractivity contribution in [1.29, 1.82) is 0 Å². The van der Waals surface area contributed by atoms with Gasteiger partial charge in [-0.05, 0) is 37.0 Å². The van der Waals surface area contributed by atoms with Gasteiger partial charge in [0.25, 0.3) is 0 Å². The molecule has 0 aromatic heterocycles. The lowest BCUT2D eigenvalue weighted by Gasteiger charge is -2.20. The van der Waals surface area contributed by atoms with Crippen LogP contribution in [0.4, 0.5) is 0 Å². The van der Waals surface area contributed by atoms with Gasteiger partial charge in [-0.1, -0.05) is 32.9 Å². The Balaban J connectivity index is 2.46. The number of hydrogen-bond donors (Lipinski definition) is 1. The SMILES string of the molecule is CCCOc1ccc(C(N)COC(C)C(C)C)cc1. The summed E-state index contributed by atoms with van der Waals surface area (Å²) in [4.78, 5) is 0. The average molecular weight is 265 g/mol. The third-order valence-corrected chi connectivity index (χ3v) is 3.26. The molecule has 2 unspecified atom stereocenters. The first-order valence-corrected chi connectivity index (χ1v) is 7.14. The predicted octanol–water partition coefficient (Wildman–Crippen LogP) is 3.54. The van der Waals surface area contributed by atoms with Crippen LogP contribution in [0.2, 0.25) is 0 Å². The highest BCUT2D eigenvalue weighted by molar-refractivity contribution is 5.29. The maximum atomic E-state index is 6.13. The Hall–Kier alpha value is -1.06. The van der Waals surface area contributed by atoms with Gasteiger partial charge in [0.1, 0.15) is 5.75 Å². The normalized spacial score (nSPS) is 14.4. The Morgan fingerprint density at radius 3 is 2.26 bits per heavy atom. The van der Waals surface area contributed by atoms with Gasteiger partial charge in [0, 0.05) is 0 Å². The predicted molar refractivity (Wildman–Crippen MR) is 79.4 cm³/mol. The molecule has 0 aliphatic heterocycles. The smallest absolute Gasteiger partial charge is 0.119 e. The zero-order valence-corrected chi connectivity index (χ0v) is 12.6. The van der Waals surface area contributed by atoms with E-state index in [1.807, 2.05) is 24.3 Å². The van der Waals surface area contributed by atoms with E-state index in [2.05, 4.69) is 27.7 Å². The molecule has 0 fully saturated rings. The molecule has 0 saturated heterocycles. The first-order valence-electron chi connectivity index (χ1n) is 7.14. The van der Waals surface area contributed by atoms with Gasteiger partial charge < -0.3 is 15.2 Å². The van der Waals surface area contributed by atoms with Crippen molar-refractivity contribution < 1.29 is 9.47 Å². The van der Waals surface area contributed by atoms with E-state index in [9.17, 15) is 0 Å². The van der Waals surface area contributed by atoms with Crippen LogP contribution in [0.1, 0.15) is 45.7 Å². The van der Waals surface area contributed by atoms with Crippen LogP contribution in [0.15, 0.2) is 24.3 Å². The summed E-state index contributed by atoms with van der Waals surface area (Å²) in [5.41, 5.74) is 7.21. The fraction of sp³-hybridized carbons (Fsp3) is 0.625. The van der Waals surface area contributed by atoms with Gasteiger partial charge in [0.05, 0.1) is 25.4 Å². The summed E-state index contributed by atoms with van der Waals surface area (Å²) in [7, 11) is 0. The van der Waals surface area contributed by atoms with Crippen molar-refractivity contribution in [2.24, 2.45) is 11.7 Å². The summed E-state index contributed by atoms with van der Waals surface area (Å²) < 4.78 is 11.3. The van der Waals surface area contributed by atoms with Crippen molar-refractivity contribution in [2.45, 2.75) is 46.3 Å². The second kappa shape index (κ2) is 8.18. The molecule has 0 radical (unpaired) electrons. The molecule has 0 amide bonds. The number of hydrogen-bond acceptors (Lipinski definition) is 3. The van der Waals surface area contributed by atoms with Crippen LogP contribution in [0.5, 0.6) is 5.75 Å². The van der Waals surface area contributed by atoms with Crippen LogP contribution in [-0.2, 0) is 4.74 Å². The summed E-state index contributed by atoms with van der Waals surface area (Å²) in [6.07, 6.45) is 1.25. The van der Waals surface area contributed by atoms with E-state index in [0.717, 1.165) is 24.3 Å². The number of ether oxygens (including phenoxy) is 2. The molecule has 0 aliphatic rings. The molecule has 2 atom stereocenters. The summed E-state index contributed by atoms with van der Waals surface area (Å²) in [6, 6.07) is 7.88. The number of rotatable bonds is 8. The van der Waals surface area contributed by atoms with Crippen molar-refractivity contribution in [3.05, 3.63) is 29.8 Å². The lowest BCUT2D eigenvalue weighted by Crippen LogP contribution is -2.23. The Labute approximate surface area is 117 Å². The van der Waals surface area contributed by atoms with Gasteiger partial charge in [-0.25, -0.2) is 0 Å². The molecule has 1 aromatic rings. The Morgan fingerprint density at radius 2 is 1.74 bits per heavy atom.